The highest BCUT2D eigenvalue weighted by Gasteiger charge is 2.31. The number of nitrogens with one attached hydrogen (secondary N) is 1. The first-order valence-corrected chi connectivity index (χ1v) is 6.82. The molecule has 1 aliphatic heterocycles. The summed E-state index contributed by atoms with van der Waals surface area (Å²) in [4.78, 5) is 6.25. The molecule has 3 rings (SSSR count). The number of anilines is 1. The third kappa shape index (κ3) is 2.83. The smallest absolute Gasteiger partial charge is 0.416 e. The normalized spacial score (nSPS) is 23.8. The van der Waals surface area contributed by atoms with E-state index in [4.69, 9.17) is 4.42 Å². The van der Waals surface area contributed by atoms with Crippen LogP contribution >= 0.6 is 0 Å². The summed E-state index contributed by atoms with van der Waals surface area (Å²) in [7, 11) is 0. The number of fused-ring (bicyclic) bond motifs is 1. The van der Waals surface area contributed by atoms with Gasteiger partial charge >= 0.3 is 6.18 Å². The monoisotopic (exact) mass is 299 g/mol. The van der Waals surface area contributed by atoms with Gasteiger partial charge in [-0.1, -0.05) is 0 Å². The standard InChI is InChI=1S/C14H16F3N3O/c1-8-6-20(7-9(2)18-8)13-19-11-4-3-10(14(15,16)17)5-12(11)21-13/h3-5,8-9,18H,6-7H2,1-2H3/t8-,9-/m1/s1. The van der Waals surface area contributed by atoms with Gasteiger partial charge in [-0.3, -0.25) is 0 Å². The summed E-state index contributed by atoms with van der Waals surface area (Å²) < 4.78 is 43.6. The Morgan fingerprint density at radius 3 is 2.52 bits per heavy atom. The van der Waals surface area contributed by atoms with Crippen LogP contribution in [0.25, 0.3) is 11.1 Å². The summed E-state index contributed by atoms with van der Waals surface area (Å²) in [5, 5.41) is 3.38. The zero-order chi connectivity index (χ0) is 15.2. The van der Waals surface area contributed by atoms with Crippen molar-refractivity contribution in [3.63, 3.8) is 0 Å². The van der Waals surface area contributed by atoms with Gasteiger partial charge in [0, 0.05) is 25.2 Å². The van der Waals surface area contributed by atoms with Crippen LogP contribution in [0, 0.1) is 0 Å². The van der Waals surface area contributed by atoms with Crippen molar-refractivity contribution in [2.24, 2.45) is 0 Å². The number of halogens is 3. The molecule has 1 aliphatic rings. The Labute approximate surface area is 119 Å². The summed E-state index contributed by atoms with van der Waals surface area (Å²) in [6.07, 6.45) is -4.38. The molecule has 1 saturated heterocycles. The minimum atomic E-state index is -4.38. The van der Waals surface area contributed by atoms with Crippen molar-refractivity contribution in [3.8, 4) is 0 Å². The second-order valence-electron chi connectivity index (χ2n) is 5.55. The maximum atomic E-state index is 12.7. The molecule has 1 fully saturated rings. The summed E-state index contributed by atoms with van der Waals surface area (Å²) in [6.45, 7) is 5.52. The molecule has 0 amide bonds. The lowest BCUT2D eigenvalue weighted by atomic mass is 10.2. The van der Waals surface area contributed by atoms with Crippen LogP contribution in [0.3, 0.4) is 0 Å². The molecule has 2 heterocycles. The first-order valence-electron chi connectivity index (χ1n) is 6.82. The lowest BCUT2D eigenvalue weighted by molar-refractivity contribution is -0.137. The molecule has 0 bridgehead atoms. The van der Waals surface area contributed by atoms with Crippen LogP contribution in [0.15, 0.2) is 22.6 Å². The fourth-order valence-electron chi connectivity index (χ4n) is 2.71. The van der Waals surface area contributed by atoms with Gasteiger partial charge < -0.3 is 14.6 Å². The Bertz CT molecular complexity index is 642. The Kier molecular flexibility index (Phi) is 3.32. The topological polar surface area (TPSA) is 41.3 Å². The number of aromatic nitrogens is 1. The summed E-state index contributed by atoms with van der Waals surface area (Å²) in [5.74, 6) is 0. The minimum absolute atomic E-state index is 0.165. The van der Waals surface area contributed by atoms with E-state index in [-0.39, 0.29) is 17.7 Å². The average Bonchev–Trinajstić information content (AvgIpc) is 2.79. The van der Waals surface area contributed by atoms with Crippen molar-refractivity contribution in [3.05, 3.63) is 23.8 Å². The predicted molar refractivity (Wildman–Crippen MR) is 73.3 cm³/mol. The molecule has 1 aromatic heterocycles. The fraction of sp³-hybridized carbons (Fsp3) is 0.500. The average molecular weight is 299 g/mol. The van der Waals surface area contributed by atoms with Gasteiger partial charge in [0.2, 0.25) is 0 Å². The van der Waals surface area contributed by atoms with Gasteiger partial charge in [-0.15, -0.1) is 0 Å². The largest absolute Gasteiger partial charge is 0.423 e. The van der Waals surface area contributed by atoms with Crippen LogP contribution in [0.2, 0.25) is 0 Å². The van der Waals surface area contributed by atoms with E-state index in [2.05, 4.69) is 10.3 Å². The van der Waals surface area contributed by atoms with Gasteiger partial charge in [0.15, 0.2) is 5.58 Å². The van der Waals surface area contributed by atoms with Crippen molar-refractivity contribution in [1.82, 2.24) is 10.3 Å². The zero-order valence-electron chi connectivity index (χ0n) is 11.7. The van der Waals surface area contributed by atoms with E-state index in [1.165, 1.54) is 6.07 Å². The molecule has 0 radical (unpaired) electrons. The highest BCUT2D eigenvalue weighted by atomic mass is 19.4. The first kappa shape index (κ1) is 14.2. The van der Waals surface area contributed by atoms with Crippen LogP contribution in [-0.2, 0) is 6.18 Å². The third-order valence-corrected chi connectivity index (χ3v) is 3.53. The number of rotatable bonds is 1. The Hall–Kier alpha value is -1.76. The lowest BCUT2D eigenvalue weighted by Gasteiger charge is -2.35. The van der Waals surface area contributed by atoms with E-state index in [0.717, 1.165) is 12.1 Å². The van der Waals surface area contributed by atoms with Crippen molar-refractivity contribution < 1.29 is 17.6 Å². The van der Waals surface area contributed by atoms with Gasteiger partial charge in [0.05, 0.1) is 5.56 Å². The molecule has 114 valence electrons. The van der Waals surface area contributed by atoms with E-state index in [0.29, 0.717) is 24.6 Å². The van der Waals surface area contributed by atoms with Gasteiger partial charge in [0.25, 0.3) is 6.01 Å². The maximum Gasteiger partial charge on any atom is 0.416 e. The molecule has 1 N–H and O–H groups in total. The molecular weight excluding hydrogens is 283 g/mol. The number of hydrogen-bond acceptors (Lipinski definition) is 4. The van der Waals surface area contributed by atoms with Gasteiger partial charge in [-0.2, -0.15) is 18.2 Å². The number of piperazine rings is 1. The van der Waals surface area contributed by atoms with Gasteiger partial charge in [-0.25, -0.2) is 0 Å². The van der Waals surface area contributed by atoms with Crippen LogP contribution in [0.1, 0.15) is 19.4 Å². The van der Waals surface area contributed by atoms with E-state index >= 15 is 0 Å². The molecule has 0 saturated carbocycles. The lowest BCUT2D eigenvalue weighted by Crippen LogP contribution is -2.54. The van der Waals surface area contributed by atoms with Crippen molar-refractivity contribution in [2.45, 2.75) is 32.1 Å². The number of hydrogen-bond donors (Lipinski definition) is 1. The number of alkyl halides is 3. The van der Waals surface area contributed by atoms with Crippen LogP contribution in [-0.4, -0.2) is 30.2 Å². The number of nitrogens with zero attached hydrogens (tertiary/aromatic N) is 2. The molecule has 0 unspecified atom stereocenters. The fourth-order valence-corrected chi connectivity index (χ4v) is 2.71. The van der Waals surface area contributed by atoms with Crippen LogP contribution in [0.5, 0.6) is 0 Å². The quantitative estimate of drug-likeness (QED) is 0.879. The minimum Gasteiger partial charge on any atom is -0.423 e. The summed E-state index contributed by atoms with van der Waals surface area (Å²) in [6, 6.07) is 4.30. The molecule has 0 spiro atoms. The van der Waals surface area contributed by atoms with E-state index in [1.54, 1.807) is 0 Å². The molecule has 21 heavy (non-hydrogen) atoms. The highest BCUT2D eigenvalue weighted by Crippen LogP contribution is 2.32. The summed E-state index contributed by atoms with van der Waals surface area (Å²) >= 11 is 0. The van der Waals surface area contributed by atoms with Gasteiger partial charge in [0.1, 0.15) is 5.52 Å². The highest BCUT2D eigenvalue weighted by molar-refractivity contribution is 5.75. The molecule has 2 aromatic rings. The predicted octanol–water partition coefficient (Wildman–Crippen LogP) is 3.03. The van der Waals surface area contributed by atoms with E-state index in [9.17, 15) is 13.2 Å². The SMILES string of the molecule is C[C@@H]1CN(c2nc3ccc(C(F)(F)F)cc3o2)C[C@@H](C)N1. The molecule has 0 aliphatic carbocycles. The second-order valence-corrected chi connectivity index (χ2v) is 5.55. The molecule has 2 atom stereocenters. The molecule has 7 heteroatoms. The van der Waals surface area contributed by atoms with E-state index < -0.39 is 11.7 Å². The van der Waals surface area contributed by atoms with Gasteiger partial charge in [-0.05, 0) is 32.0 Å². The van der Waals surface area contributed by atoms with Crippen LogP contribution < -0.4 is 10.2 Å². The third-order valence-electron chi connectivity index (χ3n) is 3.53. The number of benzene rings is 1. The summed E-state index contributed by atoms with van der Waals surface area (Å²) in [5.41, 5.74) is -0.116. The van der Waals surface area contributed by atoms with Crippen molar-refractivity contribution in [2.75, 3.05) is 18.0 Å². The number of oxazole rings is 1. The van der Waals surface area contributed by atoms with Crippen LogP contribution in [0.4, 0.5) is 19.2 Å². The molecular formula is C14H16F3N3O. The molecule has 1 aromatic carbocycles. The zero-order valence-corrected chi connectivity index (χ0v) is 11.7. The Morgan fingerprint density at radius 2 is 1.90 bits per heavy atom. The second kappa shape index (κ2) is 4.91. The van der Waals surface area contributed by atoms with Crippen molar-refractivity contribution >= 4 is 17.1 Å². The van der Waals surface area contributed by atoms with E-state index in [1.807, 2.05) is 18.7 Å². The van der Waals surface area contributed by atoms with Crippen molar-refractivity contribution in [1.29, 1.82) is 0 Å². The Morgan fingerprint density at radius 1 is 1.24 bits per heavy atom. The maximum absolute atomic E-state index is 12.7. The Balaban J connectivity index is 1.94. The molecule has 4 nitrogen and oxygen atoms in total. The first-order chi connectivity index (χ1) is 9.83.